The minimum absolute atomic E-state index is 0.0423. The molecule has 3 N–H and O–H groups in total. The predicted octanol–water partition coefficient (Wildman–Crippen LogP) is 0.805. The summed E-state index contributed by atoms with van der Waals surface area (Å²) in [5.41, 5.74) is 1.69. The molecule has 1 aromatic rings. The normalized spacial score (nSPS) is 17.7. The second-order valence-electron chi connectivity index (χ2n) is 4.01. The van der Waals surface area contributed by atoms with Crippen LogP contribution in [-0.2, 0) is 0 Å². The molecule has 82 valence electrons. The quantitative estimate of drug-likeness (QED) is 0.672. The molecule has 0 saturated carbocycles. The van der Waals surface area contributed by atoms with E-state index in [1.807, 2.05) is 13.0 Å². The number of carbonyl (C=O) groups excluding carboxylic acids is 1. The van der Waals surface area contributed by atoms with Gasteiger partial charge in [0.1, 0.15) is 0 Å². The third-order valence-electron chi connectivity index (χ3n) is 2.87. The van der Waals surface area contributed by atoms with Crippen molar-refractivity contribution in [3.63, 3.8) is 0 Å². The minimum Gasteiger partial charge on any atom is -0.365 e. The summed E-state index contributed by atoms with van der Waals surface area (Å²) < 4.78 is 0. The van der Waals surface area contributed by atoms with E-state index in [1.54, 1.807) is 6.20 Å². The van der Waals surface area contributed by atoms with Crippen molar-refractivity contribution in [3.8, 4) is 0 Å². The molecule has 1 aromatic heterocycles. The summed E-state index contributed by atoms with van der Waals surface area (Å²) >= 11 is 0. The van der Waals surface area contributed by atoms with Crippen molar-refractivity contribution in [3.05, 3.63) is 23.5 Å². The van der Waals surface area contributed by atoms with Crippen LogP contribution in [0.15, 0.2) is 12.3 Å². The highest BCUT2D eigenvalue weighted by Gasteiger charge is 2.17. The van der Waals surface area contributed by atoms with Gasteiger partial charge in [0.05, 0.1) is 5.56 Å². The van der Waals surface area contributed by atoms with E-state index in [-0.39, 0.29) is 5.91 Å². The number of hydrogen-bond donors (Lipinski definition) is 3. The Balaban J connectivity index is 1.94. The number of nitrogens with one attached hydrogen (secondary N) is 3. The first-order valence-corrected chi connectivity index (χ1v) is 5.43. The molecular formula is C11H17N3O. The van der Waals surface area contributed by atoms with Crippen molar-refractivity contribution in [2.45, 2.75) is 25.8 Å². The van der Waals surface area contributed by atoms with Crippen molar-refractivity contribution in [2.75, 3.05) is 13.1 Å². The van der Waals surface area contributed by atoms with Crippen LogP contribution < -0.4 is 10.6 Å². The molecule has 4 nitrogen and oxygen atoms in total. The zero-order chi connectivity index (χ0) is 10.7. The molecule has 4 heteroatoms. The first-order chi connectivity index (χ1) is 7.27. The molecule has 0 aromatic carbocycles. The van der Waals surface area contributed by atoms with Crippen LogP contribution in [0, 0.1) is 6.92 Å². The molecule has 15 heavy (non-hydrogen) atoms. The maximum Gasteiger partial charge on any atom is 0.253 e. The number of rotatable bonds is 2. The summed E-state index contributed by atoms with van der Waals surface area (Å²) in [6.45, 7) is 3.91. The van der Waals surface area contributed by atoms with Crippen LogP contribution in [0.5, 0.6) is 0 Å². The van der Waals surface area contributed by atoms with Crippen LogP contribution in [0.3, 0.4) is 0 Å². The summed E-state index contributed by atoms with van der Waals surface area (Å²) in [6.07, 6.45) is 3.84. The summed E-state index contributed by atoms with van der Waals surface area (Å²) in [7, 11) is 0. The van der Waals surface area contributed by atoms with E-state index >= 15 is 0 Å². The standard InChI is InChI=1S/C11H17N3O/c1-8-10(4-7-13-8)11(15)14-9-2-5-12-6-3-9/h4,7,9,12-13H,2-3,5-6H2,1H3,(H,14,15). The monoisotopic (exact) mass is 207 g/mol. The first-order valence-electron chi connectivity index (χ1n) is 5.43. The van der Waals surface area contributed by atoms with E-state index in [0.29, 0.717) is 6.04 Å². The average Bonchev–Trinajstić information content (AvgIpc) is 2.66. The Bertz CT molecular complexity index is 339. The van der Waals surface area contributed by atoms with Gasteiger partial charge in [-0.25, -0.2) is 0 Å². The summed E-state index contributed by atoms with van der Waals surface area (Å²) in [5.74, 6) is 0.0423. The molecule has 1 saturated heterocycles. The molecule has 2 rings (SSSR count). The Kier molecular flexibility index (Phi) is 3.06. The molecule has 0 radical (unpaired) electrons. The highest BCUT2D eigenvalue weighted by molar-refractivity contribution is 5.95. The highest BCUT2D eigenvalue weighted by atomic mass is 16.1. The van der Waals surface area contributed by atoms with Gasteiger partial charge in [0.15, 0.2) is 0 Å². The molecule has 1 aliphatic heterocycles. The van der Waals surface area contributed by atoms with Crippen LogP contribution >= 0.6 is 0 Å². The Morgan fingerprint density at radius 1 is 1.47 bits per heavy atom. The number of H-pyrrole nitrogens is 1. The molecule has 0 atom stereocenters. The predicted molar refractivity (Wildman–Crippen MR) is 58.9 cm³/mol. The number of carbonyl (C=O) groups is 1. The Morgan fingerprint density at radius 3 is 2.80 bits per heavy atom. The van der Waals surface area contributed by atoms with Gasteiger partial charge in [0.2, 0.25) is 0 Å². The van der Waals surface area contributed by atoms with Gasteiger partial charge in [-0.05, 0) is 38.9 Å². The lowest BCUT2D eigenvalue weighted by molar-refractivity contribution is 0.0929. The highest BCUT2D eigenvalue weighted by Crippen LogP contribution is 2.07. The summed E-state index contributed by atoms with van der Waals surface area (Å²) in [6, 6.07) is 2.15. The molecule has 1 fully saturated rings. The fourth-order valence-electron chi connectivity index (χ4n) is 1.93. The molecule has 1 aliphatic rings. The van der Waals surface area contributed by atoms with Crippen LogP contribution in [0.2, 0.25) is 0 Å². The van der Waals surface area contributed by atoms with Gasteiger partial charge in [0, 0.05) is 17.9 Å². The Hall–Kier alpha value is -1.29. The molecule has 0 bridgehead atoms. The van der Waals surface area contributed by atoms with E-state index in [0.717, 1.165) is 37.2 Å². The maximum atomic E-state index is 11.8. The molecule has 0 aliphatic carbocycles. The van der Waals surface area contributed by atoms with E-state index in [4.69, 9.17) is 0 Å². The zero-order valence-corrected chi connectivity index (χ0v) is 8.97. The van der Waals surface area contributed by atoms with E-state index in [1.165, 1.54) is 0 Å². The van der Waals surface area contributed by atoms with Crippen molar-refractivity contribution >= 4 is 5.91 Å². The van der Waals surface area contributed by atoms with Gasteiger partial charge < -0.3 is 15.6 Å². The van der Waals surface area contributed by atoms with Gasteiger partial charge in [-0.2, -0.15) is 0 Å². The number of amides is 1. The second-order valence-corrected chi connectivity index (χ2v) is 4.01. The van der Waals surface area contributed by atoms with Gasteiger partial charge >= 0.3 is 0 Å². The number of hydrogen-bond acceptors (Lipinski definition) is 2. The molecular weight excluding hydrogens is 190 g/mol. The topological polar surface area (TPSA) is 56.9 Å². The van der Waals surface area contributed by atoms with Crippen LogP contribution in [-0.4, -0.2) is 30.0 Å². The lowest BCUT2D eigenvalue weighted by Gasteiger charge is -2.23. The van der Waals surface area contributed by atoms with E-state index < -0.39 is 0 Å². The lowest BCUT2D eigenvalue weighted by atomic mass is 10.1. The van der Waals surface area contributed by atoms with Crippen molar-refractivity contribution < 1.29 is 4.79 Å². The van der Waals surface area contributed by atoms with Crippen LogP contribution in [0.25, 0.3) is 0 Å². The van der Waals surface area contributed by atoms with Crippen molar-refractivity contribution in [1.29, 1.82) is 0 Å². The second kappa shape index (κ2) is 4.49. The smallest absolute Gasteiger partial charge is 0.253 e. The third kappa shape index (κ3) is 2.39. The van der Waals surface area contributed by atoms with Crippen LogP contribution in [0.1, 0.15) is 28.9 Å². The van der Waals surface area contributed by atoms with E-state index in [9.17, 15) is 4.79 Å². The molecule has 0 spiro atoms. The molecule has 0 unspecified atom stereocenters. The zero-order valence-electron chi connectivity index (χ0n) is 8.97. The summed E-state index contributed by atoms with van der Waals surface area (Å²) in [5, 5.41) is 6.34. The fourth-order valence-corrected chi connectivity index (χ4v) is 1.93. The molecule has 2 heterocycles. The minimum atomic E-state index is 0.0423. The van der Waals surface area contributed by atoms with Gasteiger partial charge in [-0.1, -0.05) is 0 Å². The number of aromatic nitrogens is 1. The average molecular weight is 207 g/mol. The first kappa shape index (κ1) is 10.2. The maximum absolute atomic E-state index is 11.8. The van der Waals surface area contributed by atoms with Gasteiger partial charge in [0.25, 0.3) is 5.91 Å². The van der Waals surface area contributed by atoms with Crippen molar-refractivity contribution in [2.24, 2.45) is 0 Å². The fraction of sp³-hybridized carbons (Fsp3) is 0.545. The summed E-state index contributed by atoms with van der Waals surface area (Å²) in [4.78, 5) is 14.9. The van der Waals surface area contributed by atoms with Gasteiger partial charge in [-0.3, -0.25) is 4.79 Å². The molecule has 1 amide bonds. The number of aromatic amines is 1. The van der Waals surface area contributed by atoms with Crippen molar-refractivity contribution in [1.82, 2.24) is 15.6 Å². The van der Waals surface area contributed by atoms with Gasteiger partial charge in [-0.15, -0.1) is 0 Å². The lowest BCUT2D eigenvalue weighted by Crippen LogP contribution is -2.42. The SMILES string of the molecule is Cc1[nH]ccc1C(=O)NC1CCNCC1. The number of piperidine rings is 1. The Morgan fingerprint density at radius 2 is 2.20 bits per heavy atom. The Labute approximate surface area is 89.5 Å². The largest absolute Gasteiger partial charge is 0.365 e. The van der Waals surface area contributed by atoms with E-state index in [2.05, 4.69) is 15.6 Å². The van der Waals surface area contributed by atoms with Crippen LogP contribution in [0.4, 0.5) is 0 Å². The third-order valence-corrected chi connectivity index (χ3v) is 2.87. The number of aryl methyl sites for hydroxylation is 1.